The molecule has 0 fully saturated rings. The molecule has 0 unspecified atom stereocenters. The minimum absolute atomic E-state index is 0. The molecule has 1 heterocycles. The Labute approximate surface area is 111 Å². The van der Waals surface area contributed by atoms with Gasteiger partial charge in [0.05, 0.1) is 0 Å². The van der Waals surface area contributed by atoms with Crippen LogP contribution in [0.1, 0.15) is 20.8 Å². The van der Waals surface area contributed by atoms with Crippen LogP contribution in [0.5, 0.6) is 0 Å². The second-order valence-corrected chi connectivity index (χ2v) is 4.65. The van der Waals surface area contributed by atoms with Crippen molar-refractivity contribution in [3.05, 3.63) is 49.4 Å². The van der Waals surface area contributed by atoms with E-state index in [1.807, 2.05) is 24.3 Å². The van der Waals surface area contributed by atoms with Gasteiger partial charge in [0.15, 0.2) is 0 Å². The van der Waals surface area contributed by atoms with Crippen LogP contribution in [0.3, 0.4) is 0 Å². The van der Waals surface area contributed by atoms with Crippen LogP contribution in [0, 0.1) is 12.7 Å². The van der Waals surface area contributed by atoms with Crippen LogP contribution in [0.15, 0.2) is 36.7 Å². The monoisotopic (exact) mass is 393 g/mol. The van der Waals surface area contributed by atoms with Gasteiger partial charge >= 0.3 is 0 Å². The minimum atomic E-state index is 0. The molecule has 1 radical (unpaired) electrons. The van der Waals surface area contributed by atoms with Crippen LogP contribution < -0.4 is 4.90 Å². The molecule has 0 N–H and O–H groups in total. The maximum absolute atomic E-state index is 3.20. The van der Waals surface area contributed by atoms with E-state index in [0.29, 0.717) is 0 Å². The van der Waals surface area contributed by atoms with Crippen molar-refractivity contribution in [2.75, 3.05) is 4.90 Å². The van der Waals surface area contributed by atoms with Gasteiger partial charge in [0.25, 0.3) is 0 Å². The van der Waals surface area contributed by atoms with E-state index >= 15 is 0 Å². The fourth-order valence-corrected chi connectivity index (χ4v) is 1.44. The third-order valence-corrected chi connectivity index (χ3v) is 2.38. The van der Waals surface area contributed by atoms with Crippen LogP contribution >= 0.6 is 0 Å². The summed E-state index contributed by atoms with van der Waals surface area (Å²) < 4.78 is 0. The molecular weight excluding hydrogens is 376 g/mol. The van der Waals surface area contributed by atoms with Crippen LogP contribution in [0.4, 0.5) is 5.69 Å². The second kappa shape index (κ2) is 5.03. The molecule has 0 bridgehead atoms. The molecule has 2 nitrogen and oxygen atoms in total. The fraction of sp³-hybridized carbons (Fsp3) is 0.308. The van der Waals surface area contributed by atoms with Crippen molar-refractivity contribution in [3.8, 4) is 0 Å². The van der Waals surface area contributed by atoms with E-state index in [9.17, 15) is 0 Å². The van der Waals surface area contributed by atoms with Gasteiger partial charge < -0.3 is 9.80 Å². The average Bonchev–Trinajstić information content (AvgIpc) is 2.67. The zero-order chi connectivity index (χ0) is 10.9. The van der Waals surface area contributed by atoms with Gasteiger partial charge in [-0.15, -0.1) is 5.69 Å². The van der Waals surface area contributed by atoms with Gasteiger partial charge in [-0.3, -0.25) is 0 Å². The third-order valence-electron chi connectivity index (χ3n) is 2.38. The van der Waals surface area contributed by atoms with Crippen molar-refractivity contribution >= 4 is 5.69 Å². The summed E-state index contributed by atoms with van der Waals surface area (Å²) in [5.41, 5.74) is 1.19. The number of benzene rings is 1. The van der Waals surface area contributed by atoms with E-state index in [1.165, 1.54) is 0 Å². The molecule has 1 aliphatic heterocycles. The Morgan fingerprint density at radius 1 is 1.19 bits per heavy atom. The first-order valence-electron chi connectivity index (χ1n) is 5.14. The van der Waals surface area contributed by atoms with Crippen LogP contribution in [0.25, 0.3) is 0 Å². The van der Waals surface area contributed by atoms with Gasteiger partial charge in [0.1, 0.15) is 0 Å². The maximum atomic E-state index is 3.20. The molecule has 0 atom stereocenters. The Morgan fingerprint density at radius 2 is 1.94 bits per heavy atom. The third kappa shape index (κ3) is 2.87. The van der Waals surface area contributed by atoms with E-state index in [2.05, 4.69) is 55.7 Å². The Morgan fingerprint density at radius 3 is 2.44 bits per heavy atom. The topological polar surface area (TPSA) is 6.48 Å². The smallest absolute Gasteiger partial charge is 0.00416 e. The summed E-state index contributed by atoms with van der Waals surface area (Å²) in [4.78, 5) is 4.26. The summed E-state index contributed by atoms with van der Waals surface area (Å²) in [6.45, 7) is 8.65. The van der Waals surface area contributed by atoms with E-state index in [0.717, 1.165) is 5.69 Å². The molecule has 1 aliphatic rings. The molecular formula is C13H16IrN2-2. The Bertz CT molecular complexity index is 354. The molecule has 1 aromatic rings. The number of anilines is 1. The van der Waals surface area contributed by atoms with Crippen LogP contribution in [0.2, 0.25) is 0 Å². The number of hydrogen-bond acceptors (Lipinski definition) is 2. The Balaban J connectivity index is 0.00000128. The molecule has 16 heavy (non-hydrogen) atoms. The van der Waals surface area contributed by atoms with Gasteiger partial charge in [-0.2, -0.15) is 37.0 Å². The van der Waals surface area contributed by atoms with Crippen molar-refractivity contribution in [1.29, 1.82) is 0 Å². The first kappa shape index (κ1) is 13.3. The minimum Gasteiger partial charge on any atom is -0.504 e. The normalized spacial score (nSPS) is 15.2. The molecule has 0 amide bonds. The van der Waals surface area contributed by atoms with Crippen molar-refractivity contribution in [3.63, 3.8) is 0 Å². The number of nitrogens with zero attached hydrogens (tertiary/aromatic N) is 2. The van der Waals surface area contributed by atoms with Crippen molar-refractivity contribution in [1.82, 2.24) is 4.90 Å². The summed E-state index contributed by atoms with van der Waals surface area (Å²) in [6, 6.07) is 11.2. The maximum Gasteiger partial charge on any atom is 0.00416 e. The predicted octanol–water partition coefficient (Wildman–Crippen LogP) is 3.00. The molecule has 1 aromatic carbocycles. The van der Waals surface area contributed by atoms with Crippen molar-refractivity contribution < 1.29 is 20.1 Å². The molecule has 0 saturated carbocycles. The first-order chi connectivity index (χ1) is 7.07. The summed E-state index contributed by atoms with van der Waals surface area (Å²) in [6.07, 6.45) is 4.14. The van der Waals surface area contributed by atoms with Gasteiger partial charge in [0, 0.05) is 25.6 Å². The number of rotatable bonds is 1. The first-order valence-corrected chi connectivity index (χ1v) is 5.14. The summed E-state index contributed by atoms with van der Waals surface area (Å²) in [5, 5.41) is 0. The Hall–Kier alpha value is -0.791. The van der Waals surface area contributed by atoms with E-state index < -0.39 is 0 Å². The SMILES string of the molecule is CC(C)(C)N1C=CN(c2[c-]cccc2)[CH-]1.[Ir]. The number of hydrogen-bond donors (Lipinski definition) is 0. The molecule has 0 spiro atoms. The summed E-state index contributed by atoms with van der Waals surface area (Å²) in [5.74, 6) is 0. The summed E-state index contributed by atoms with van der Waals surface area (Å²) in [7, 11) is 0. The quantitative estimate of drug-likeness (QED) is 0.678. The van der Waals surface area contributed by atoms with Crippen molar-refractivity contribution in [2.24, 2.45) is 0 Å². The molecule has 0 saturated heterocycles. The van der Waals surface area contributed by atoms with E-state index in [4.69, 9.17) is 0 Å². The van der Waals surface area contributed by atoms with Crippen LogP contribution in [-0.4, -0.2) is 10.4 Å². The zero-order valence-electron chi connectivity index (χ0n) is 9.77. The van der Waals surface area contributed by atoms with Gasteiger partial charge in [-0.1, -0.05) is 0 Å². The number of para-hydroxylation sites is 1. The molecule has 89 valence electrons. The van der Waals surface area contributed by atoms with Gasteiger partial charge in [-0.05, 0) is 33.2 Å². The van der Waals surface area contributed by atoms with Gasteiger partial charge in [-0.25, -0.2) is 0 Å². The molecule has 0 aromatic heterocycles. The Kier molecular flexibility index (Phi) is 4.17. The van der Waals surface area contributed by atoms with Gasteiger partial charge in [0.2, 0.25) is 0 Å². The van der Waals surface area contributed by atoms with Crippen LogP contribution in [-0.2, 0) is 20.1 Å². The van der Waals surface area contributed by atoms with Crippen molar-refractivity contribution in [2.45, 2.75) is 26.3 Å². The molecule has 0 aliphatic carbocycles. The second-order valence-electron chi connectivity index (χ2n) is 4.65. The predicted molar refractivity (Wildman–Crippen MR) is 62.8 cm³/mol. The average molecular weight is 393 g/mol. The van der Waals surface area contributed by atoms with E-state index in [-0.39, 0.29) is 25.6 Å². The summed E-state index contributed by atoms with van der Waals surface area (Å²) >= 11 is 0. The zero-order valence-corrected chi connectivity index (χ0v) is 12.2. The fourth-order valence-electron chi connectivity index (χ4n) is 1.44. The molecule has 2 rings (SSSR count). The standard InChI is InChI=1S/C13H16N2.Ir/c1-13(2,3)15-10-9-14(11-15)12-7-5-4-6-8-12;/h4-7,9-11H,1-3H3;/q-2;. The largest absolute Gasteiger partial charge is 0.504 e. The molecule has 3 heteroatoms. The van der Waals surface area contributed by atoms with E-state index in [1.54, 1.807) is 0 Å².